The Morgan fingerprint density at radius 1 is 1.26 bits per heavy atom. The Bertz CT molecular complexity index is 995. The van der Waals surface area contributed by atoms with Gasteiger partial charge in [-0.3, -0.25) is 0 Å². The molecule has 0 saturated carbocycles. The zero-order chi connectivity index (χ0) is 18.3. The quantitative estimate of drug-likeness (QED) is 0.625. The number of aryl methyl sites for hydroxylation is 1. The fourth-order valence-electron chi connectivity index (χ4n) is 4.20. The lowest BCUT2D eigenvalue weighted by Gasteiger charge is -2.38. The molecule has 2 aliphatic rings. The highest BCUT2D eigenvalue weighted by molar-refractivity contribution is 7.09. The molecule has 0 saturated heterocycles. The van der Waals surface area contributed by atoms with E-state index in [-0.39, 0.29) is 0 Å². The molecule has 2 heterocycles. The van der Waals surface area contributed by atoms with Crippen LogP contribution in [0.5, 0.6) is 0 Å². The van der Waals surface area contributed by atoms with E-state index in [1.807, 2.05) is 11.6 Å². The first-order valence-electron chi connectivity index (χ1n) is 9.32. The second-order valence-electron chi connectivity index (χ2n) is 7.26. The Morgan fingerprint density at radius 3 is 3.07 bits per heavy atom. The standard InChI is InChI=1S/C22H22N4S/c23-22(19-7-5-15-3-1-2-4-18(15)19)10-9-16-13-17(6-8-20(16)26-22)25-14-21-24-11-12-27-21/h1-4,6,8-13,19,25-26H,5,7,14,23H2/t19?,22-/m1/s1. The van der Waals surface area contributed by atoms with E-state index in [1.54, 1.807) is 11.3 Å². The summed E-state index contributed by atoms with van der Waals surface area (Å²) in [6.07, 6.45) is 8.30. The van der Waals surface area contributed by atoms with Crippen molar-refractivity contribution in [3.63, 3.8) is 0 Å². The molecule has 4 N–H and O–H groups in total. The number of anilines is 2. The third-order valence-corrected chi connectivity index (χ3v) is 6.36. The van der Waals surface area contributed by atoms with E-state index in [0.717, 1.165) is 41.3 Å². The lowest BCUT2D eigenvalue weighted by molar-refractivity contribution is 0.468. The van der Waals surface area contributed by atoms with Crippen LogP contribution in [0.25, 0.3) is 6.08 Å². The van der Waals surface area contributed by atoms with Crippen molar-refractivity contribution in [3.05, 3.63) is 81.8 Å². The second kappa shape index (κ2) is 6.51. The number of thiazole rings is 1. The first kappa shape index (κ1) is 16.5. The summed E-state index contributed by atoms with van der Waals surface area (Å²) in [5.41, 5.74) is 12.4. The van der Waals surface area contributed by atoms with Crippen molar-refractivity contribution < 1.29 is 0 Å². The summed E-state index contributed by atoms with van der Waals surface area (Å²) in [6.45, 7) is 0.743. The van der Waals surface area contributed by atoms with Crippen LogP contribution >= 0.6 is 11.3 Å². The van der Waals surface area contributed by atoms with Crippen molar-refractivity contribution in [1.29, 1.82) is 0 Å². The molecule has 1 aliphatic heterocycles. The molecule has 5 rings (SSSR count). The number of nitrogens with one attached hydrogen (secondary N) is 2. The Hall–Kier alpha value is -2.63. The maximum absolute atomic E-state index is 6.83. The number of hydrogen-bond donors (Lipinski definition) is 3. The third-order valence-electron chi connectivity index (χ3n) is 5.58. The molecule has 3 aromatic rings. The zero-order valence-corrected chi connectivity index (χ0v) is 15.8. The summed E-state index contributed by atoms with van der Waals surface area (Å²) >= 11 is 1.66. The molecule has 0 fully saturated rings. The van der Waals surface area contributed by atoms with Gasteiger partial charge in [0.25, 0.3) is 0 Å². The molecular weight excluding hydrogens is 352 g/mol. The number of fused-ring (bicyclic) bond motifs is 2. The van der Waals surface area contributed by atoms with E-state index in [1.165, 1.54) is 11.1 Å². The molecule has 136 valence electrons. The maximum Gasteiger partial charge on any atom is 0.112 e. The first-order chi connectivity index (χ1) is 13.2. The van der Waals surface area contributed by atoms with Crippen LogP contribution < -0.4 is 16.4 Å². The highest BCUT2D eigenvalue weighted by atomic mass is 32.1. The van der Waals surface area contributed by atoms with Crippen LogP contribution in [0.15, 0.2) is 60.1 Å². The van der Waals surface area contributed by atoms with Crippen molar-refractivity contribution >= 4 is 28.8 Å². The molecule has 27 heavy (non-hydrogen) atoms. The largest absolute Gasteiger partial charge is 0.379 e. The van der Waals surface area contributed by atoms with Crippen molar-refractivity contribution in [3.8, 4) is 0 Å². The lowest BCUT2D eigenvalue weighted by atomic mass is 9.84. The van der Waals surface area contributed by atoms with Gasteiger partial charge in [-0.25, -0.2) is 4.98 Å². The van der Waals surface area contributed by atoms with Gasteiger partial charge in [0.1, 0.15) is 10.7 Å². The molecule has 0 bridgehead atoms. The van der Waals surface area contributed by atoms with E-state index < -0.39 is 5.66 Å². The van der Waals surface area contributed by atoms with Gasteiger partial charge in [-0.2, -0.15) is 0 Å². The summed E-state index contributed by atoms with van der Waals surface area (Å²) < 4.78 is 0. The van der Waals surface area contributed by atoms with E-state index in [0.29, 0.717) is 5.92 Å². The average Bonchev–Trinajstić information content (AvgIpc) is 3.36. The van der Waals surface area contributed by atoms with Gasteiger partial charge in [0.05, 0.1) is 6.54 Å². The van der Waals surface area contributed by atoms with Crippen LogP contribution in [-0.4, -0.2) is 10.6 Å². The van der Waals surface area contributed by atoms with Gasteiger partial charge in [0.15, 0.2) is 0 Å². The number of hydrogen-bond acceptors (Lipinski definition) is 5. The van der Waals surface area contributed by atoms with Crippen LogP contribution in [-0.2, 0) is 13.0 Å². The van der Waals surface area contributed by atoms with Gasteiger partial charge in [0, 0.05) is 28.9 Å². The van der Waals surface area contributed by atoms with Gasteiger partial charge in [-0.1, -0.05) is 30.3 Å². The summed E-state index contributed by atoms with van der Waals surface area (Å²) in [5, 5.41) is 10.1. The normalized spacial score (nSPS) is 22.8. The van der Waals surface area contributed by atoms with E-state index >= 15 is 0 Å². The molecule has 2 aromatic carbocycles. The van der Waals surface area contributed by atoms with Crippen LogP contribution in [0.3, 0.4) is 0 Å². The smallest absolute Gasteiger partial charge is 0.112 e. The van der Waals surface area contributed by atoms with Gasteiger partial charge < -0.3 is 16.4 Å². The molecular formula is C22H22N4S. The average molecular weight is 375 g/mol. The molecule has 5 heteroatoms. The van der Waals surface area contributed by atoms with Crippen molar-refractivity contribution in [1.82, 2.24) is 4.98 Å². The Balaban J connectivity index is 1.37. The highest BCUT2D eigenvalue weighted by Gasteiger charge is 2.39. The van der Waals surface area contributed by atoms with E-state index in [9.17, 15) is 0 Å². The Morgan fingerprint density at radius 2 is 2.19 bits per heavy atom. The molecule has 0 spiro atoms. The number of benzene rings is 2. The van der Waals surface area contributed by atoms with Crippen LogP contribution in [0, 0.1) is 0 Å². The SMILES string of the molecule is N[C@]1(C2CCc3ccccc32)C=Cc2cc(NCc3nccs3)ccc2N1. The number of aromatic nitrogens is 1. The maximum atomic E-state index is 6.83. The van der Waals surface area contributed by atoms with Gasteiger partial charge in [-0.05, 0) is 53.8 Å². The van der Waals surface area contributed by atoms with E-state index in [4.69, 9.17) is 5.73 Å². The lowest BCUT2D eigenvalue weighted by Crippen LogP contribution is -2.51. The van der Waals surface area contributed by atoms with Crippen LogP contribution in [0.1, 0.15) is 34.0 Å². The minimum atomic E-state index is -0.546. The Labute approximate surface area is 163 Å². The monoisotopic (exact) mass is 374 g/mol. The van der Waals surface area contributed by atoms with Gasteiger partial charge in [0.2, 0.25) is 0 Å². The van der Waals surface area contributed by atoms with Crippen molar-refractivity contribution in [2.45, 2.75) is 31.0 Å². The zero-order valence-electron chi connectivity index (χ0n) is 15.0. The summed E-state index contributed by atoms with van der Waals surface area (Å²) in [6, 6.07) is 15.0. The van der Waals surface area contributed by atoms with Crippen LogP contribution in [0.2, 0.25) is 0 Å². The molecule has 2 atom stereocenters. The molecule has 4 nitrogen and oxygen atoms in total. The topological polar surface area (TPSA) is 63.0 Å². The number of rotatable bonds is 4. The highest BCUT2D eigenvalue weighted by Crippen LogP contribution is 2.43. The number of nitrogens with two attached hydrogens (primary N) is 1. The fourth-order valence-corrected chi connectivity index (χ4v) is 4.76. The van der Waals surface area contributed by atoms with Crippen molar-refractivity contribution in [2.24, 2.45) is 5.73 Å². The first-order valence-corrected chi connectivity index (χ1v) is 10.2. The van der Waals surface area contributed by atoms with Gasteiger partial charge in [-0.15, -0.1) is 11.3 Å². The summed E-state index contributed by atoms with van der Waals surface area (Å²) in [5.74, 6) is 0.292. The minimum Gasteiger partial charge on any atom is -0.379 e. The van der Waals surface area contributed by atoms with Crippen LogP contribution in [0.4, 0.5) is 11.4 Å². The summed E-state index contributed by atoms with van der Waals surface area (Å²) in [7, 11) is 0. The van der Waals surface area contributed by atoms with Gasteiger partial charge >= 0.3 is 0 Å². The molecule has 0 radical (unpaired) electrons. The summed E-state index contributed by atoms with van der Waals surface area (Å²) in [4.78, 5) is 4.31. The molecule has 0 amide bonds. The molecule has 1 aromatic heterocycles. The third kappa shape index (κ3) is 3.03. The van der Waals surface area contributed by atoms with E-state index in [2.05, 4.69) is 70.2 Å². The van der Waals surface area contributed by atoms with Crippen molar-refractivity contribution in [2.75, 3.05) is 10.6 Å². The second-order valence-corrected chi connectivity index (χ2v) is 8.24. The predicted octanol–water partition coefficient (Wildman–Crippen LogP) is 4.58. The Kier molecular flexibility index (Phi) is 3.99. The number of nitrogens with zero attached hydrogens (tertiary/aromatic N) is 1. The predicted molar refractivity (Wildman–Crippen MR) is 113 cm³/mol. The molecule has 1 aliphatic carbocycles. The molecule has 1 unspecified atom stereocenters. The fraction of sp³-hybridized carbons (Fsp3) is 0.227. The minimum absolute atomic E-state index is 0.292.